The standard InChI is InChI=1S/C31H31N5O3/c1-2-38-30(37)15-22-6-3-4-9-29(22)39-19-28-26-14-21(10-11-27(26)35-36(28)18-20-16-33-17-20)23-7-5-8-25-24(23)12-13-34-31(25)32/h3-14,20,33H,2,15-19H2,1H3,(H2,32,34). The Kier molecular flexibility index (Phi) is 6.85. The number of para-hydroxylation sites is 1. The van der Waals surface area contributed by atoms with E-state index in [1.54, 1.807) is 6.20 Å². The number of anilines is 1. The Labute approximate surface area is 226 Å². The molecule has 0 unspecified atom stereocenters. The first-order valence-corrected chi connectivity index (χ1v) is 13.3. The number of carbonyl (C=O) groups is 1. The number of benzene rings is 3. The third-order valence-electron chi connectivity index (χ3n) is 7.27. The molecule has 5 aromatic rings. The number of aromatic nitrogens is 3. The van der Waals surface area contributed by atoms with E-state index in [2.05, 4.69) is 39.2 Å². The number of rotatable bonds is 9. The number of nitrogen functional groups attached to an aromatic ring is 1. The first-order chi connectivity index (χ1) is 19.1. The first-order valence-electron chi connectivity index (χ1n) is 13.3. The van der Waals surface area contributed by atoms with E-state index in [0.717, 1.165) is 63.7 Å². The third-order valence-corrected chi connectivity index (χ3v) is 7.27. The number of carbonyl (C=O) groups excluding carboxylic acids is 1. The highest BCUT2D eigenvalue weighted by molar-refractivity contribution is 6.02. The molecule has 6 rings (SSSR count). The summed E-state index contributed by atoms with van der Waals surface area (Å²) in [5.74, 6) is 1.46. The molecular formula is C31H31N5O3. The molecule has 0 bridgehead atoms. The van der Waals surface area contributed by atoms with Crippen molar-refractivity contribution in [3.63, 3.8) is 0 Å². The second-order valence-electron chi connectivity index (χ2n) is 9.86. The largest absolute Gasteiger partial charge is 0.487 e. The Balaban J connectivity index is 1.38. The molecule has 198 valence electrons. The molecule has 3 N–H and O–H groups in total. The van der Waals surface area contributed by atoms with Crippen molar-refractivity contribution < 1.29 is 14.3 Å². The minimum atomic E-state index is -0.267. The second-order valence-corrected chi connectivity index (χ2v) is 9.86. The Morgan fingerprint density at radius 1 is 1.05 bits per heavy atom. The molecule has 2 aromatic heterocycles. The zero-order valence-corrected chi connectivity index (χ0v) is 21.9. The molecule has 1 aliphatic rings. The molecule has 3 heterocycles. The van der Waals surface area contributed by atoms with E-state index in [-0.39, 0.29) is 12.4 Å². The lowest BCUT2D eigenvalue weighted by Gasteiger charge is -2.27. The fourth-order valence-corrected chi connectivity index (χ4v) is 5.16. The number of nitrogens with one attached hydrogen (secondary N) is 1. The molecule has 0 radical (unpaired) electrons. The maximum atomic E-state index is 12.2. The van der Waals surface area contributed by atoms with Crippen molar-refractivity contribution >= 4 is 33.5 Å². The van der Waals surface area contributed by atoms with Crippen LogP contribution in [0, 0.1) is 5.92 Å². The quantitative estimate of drug-likeness (QED) is 0.270. The molecule has 8 nitrogen and oxygen atoms in total. The van der Waals surface area contributed by atoms with Gasteiger partial charge in [-0.25, -0.2) is 4.98 Å². The van der Waals surface area contributed by atoms with Crippen LogP contribution in [-0.4, -0.2) is 40.4 Å². The molecule has 3 aromatic carbocycles. The van der Waals surface area contributed by atoms with Crippen molar-refractivity contribution in [2.45, 2.75) is 26.5 Å². The van der Waals surface area contributed by atoms with E-state index >= 15 is 0 Å². The molecular weight excluding hydrogens is 490 g/mol. The van der Waals surface area contributed by atoms with Crippen LogP contribution in [0.15, 0.2) is 72.9 Å². The Morgan fingerprint density at radius 2 is 1.92 bits per heavy atom. The zero-order valence-electron chi connectivity index (χ0n) is 21.9. The van der Waals surface area contributed by atoms with Crippen LogP contribution >= 0.6 is 0 Å². The van der Waals surface area contributed by atoms with E-state index in [1.165, 1.54) is 0 Å². The fraction of sp³-hybridized carbons (Fsp3) is 0.258. The summed E-state index contributed by atoms with van der Waals surface area (Å²) < 4.78 is 13.6. The van der Waals surface area contributed by atoms with Gasteiger partial charge in [-0.3, -0.25) is 9.48 Å². The van der Waals surface area contributed by atoms with Crippen LogP contribution in [-0.2, 0) is 29.1 Å². The number of hydrogen-bond donors (Lipinski definition) is 2. The maximum Gasteiger partial charge on any atom is 0.310 e. The summed E-state index contributed by atoms with van der Waals surface area (Å²) in [5.41, 5.74) is 11.1. The Morgan fingerprint density at radius 3 is 2.74 bits per heavy atom. The lowest BCUT2D eigenvalue weighted by molar-refractivity contribution is -0.142. The zero-order chi connectivity index (χ0) is 26.8. The van der Waals surface area contributed by atoms with Crippen molar-refractivity contribution in [1.82, 2.24) is 20.1 Å². The highest BCUT2D eigenvalue weighted by Crippen LogP contribution is 2.33. The summed E-state index contributed by atoms with van der Waals surface area (Å²) in [6.45, 7) is 5.27. The SMILES string of the molecule is CCOC(=O)Cc1ccccc1OCc1c2cc(-c3cccc4c(N)nccc34)ccc2nn1CC1CNC1. The van der Waals surface area contributed by atoms with Crippen molar-refractivity contribution in [2.24, 2.45) is 5.92 Å². The molecule has 8 heteroatoms. The van der Waals surface area contributed by atoms with Gasteiger partial charge >= 0.3 is 5.97 Å². The molecule has 1 saturated heterocycles. The first kappa shape index (κ1) is 24.9. The van der Waals surface area contributed by atoms with E-state index in [9.17, 15) is 4.79 Å². The van der Waals surface area contributed by atoms with Gasteiger partial charge in [0.25, 0.3) is 0 Å². The number of ether oxygens (including phenoxy) is 2. The summed E-state index contributed by atoms with van der Waals surface area (Å²) in [4.78, 5) is 16.4. The maximum absolute atomic E-state index is 12.2. The topological polar surface area (TPSA) is 104 Å². The van der Waals surface area contributed by atoms with Crippen LogP contribution in [0.3, 0.4) is 0 Å². The predicted molar refractivity (Wildman–Crippen MR) is 152 cm³/mol. The summed E-state index contributed by atoms with van der Waals surface area (Å²) in [6, 6.07) is 22.1. The van der Waals surface area contributed by atoms with Gasteiger partial charge in [0.05, 0.1) is 24.2 Å². The minimum absolute atomic E-state index is 0.168. The molecule has 0 saturated carbocycles. The van der Waals surface area contributed by atoms with Crippen molar-refractivity contribution in [2.75, 3.05) is 25.4 Å². The third kappa shape index (κ3) is 5.03. The van der Waals surface area contributed by atoms with Gasteiger partial charge in [0.1, 0.15) is 18.2 Å². The van der Waals surface area contributed by atoms with Gasteiger partial charge < -0.3 is 20.5 Å². The highest BCUT2D eigenvalue weighted by atomic mass is 16.5. The van der Waals surface area contributed by atoms with Gasteiger partial charge in [-0.1, -0.05) is 42.5 Å². The predicted octanol–water partition coefficient (Wildman–Crippen LogP) is 4.74. The number of pyridine rings is 1. The van der Waals surface area contributed by atoms with E-state index < -0.39 is 0 Å². The number of esters is 1. The second kappa shape index (κ2) is 10.7. The smallest absolute Gasteiger partial charge is 0.310 e. The van der Waals surface area contributed by atoms with Crippen molar-refractivity contribution in [1.29, 1.82) is 0 Å². The average Bonchev–Trinajstić information content (AvgIpc) is 3.26. The number of nitrogens with two attached hydrogens (primary N) is 1. The van der Waals surface area contributed by atoms with Crippen LogP contribution in [0.5, 0.6) is 5.75 Å². The van der Waals surface area contributed by atoms with Gasteiger partial charge in [-0.2, -0.15) is 5.10 Å². The summed E-state index contributed by atoms with van der Waals surface area (Å²) in [7, 11) is 0. The van der Waals surface area contributed by atoms with Gasteiger partial charge in [-0.15, -0.1) is 0 Å². The van der Waals surface area contributed by atoms with Crippen LogP contribution in [0.4, 0.5) is 5.82 Å². The van der Waals surface area contributed by atoms with E-state index in [4.69, 9.17) is 20.3 Å². The monoisotopic (exact) mass is 521 g/mol. The molecule has 0 spiro atoms. The average molecular weight is 522 g/mol. The summed E-state index contributed by atoms with van der Waals surface area (Å²) in [6.07, 6.45) is 1.92. The normalized spacial score (nSPS) is 13.5. The highest BCUT2D eigenvalue weighted by Gasteiger charge is 2.22. The molecule has 1 aliphatic heterocycles. The Hall–Kier alpha value is -4.43. The molecule has 0 atom stereocenters. The van der Waals surface area contributed by atoms with E-state index in [0.29, 0.717) is 30.7 Å². The van der Waals surface area contributed by atoms with Gasteiger partial charge in [-0.05, 0) is 47.7 Å². The minimum Gasteiger partial charge on any atom is -0.487 e. The van der Waals surface area contributed by atoms with Gasteiger partial charge in [0, 0.05) is 48.1 Å². The van der Waals surface area contributed by atoms with Gasteiger partial charge in [0.2, 0.25) is 0 Å². The van der Waals surface area contributed by atoms with Crippen LogP contribution in [0.25, 0.3) is 32.8 Å². The van der Waals surface area contributed by atoms with Crippen LogP contribution < -0.4 is 15.8 Å². The van der Waals surface area contributed by atoms with Gasteiger partial charge in [0.15, 0.2) is 0 Å². The lowest BCUT2D eigenvalue weighted by Crippen LogP contribution is -2.44. The molecule has 0 amide bonds. The Bertz CT molecular complexity index is 1660. The molecule has 1 fully saturated rings. The van der Waals surface area contributed by atoms with Crippen molar-refractivity contribution in [3.05, 3.63) is 84.2 Å². The fourth-order valence-electron chi connectivity index (χ4n) is 5.16. The molecule has 0 aliphatic carbocycles. The number of nitrogens with zero attached hydrogens (tertiary/aromatic N) is 3. The van der Waals surface area contributed by atoms with Crippen LogP contribution in [0.1, 0.15) is 18.2 Å². The lowest BCUT2D eigenvalue weighted by atomic mass is 9.97. The van der Waals surface area contributed by atoms with Crippen LogP contribution in [0.2, 0.25) is 0 Å². The van der Waals surface area contributed by atoms with E-state index in [1.807, 2.05) is 49.4 Å². The van der Waals surface area contributed by atoms with Crippen molar-refractivity contribution in [3.8, 4) is 16.9 Å². The molecule has 39 heavy (non-hydrogen) atoms. The summed E-state index contributed by atoms with van der Waals surface area (Å²) in [5, 5.41) is 11.3. The number of fused-ring (bicyclic) bond motifs is 2. The number of hydrogen-bond acceptors (Lipinski definition) is 7. The summed E-state index contributed by atoms with van der Waals surface area (Å²) >= 11 is 0.